The highest BCUT2D eigenvalue weighted by atomic mass is 15.1. The van der Waals surface area contributed by atoms with E-state index in [1.165, 1.54) is 11.3 Å². The standard InChI is InChI=1S/C11H14N2/c1-9-6-11(8-13(9)2)10-4-3-5-12-7-10/h3-7,11H,8H2,1-2H3. The molecule has 0 bridgehead atoms. The highest BCUT2D eigenvalue weighted by Crippen LogP contribution is 2.26. The second-order valence-electron chi connectivity index (χ2n) is 3.58. The zero-order valence-corrected chi connectivity index (χ0v) is 8.07. The SMILES string of the molecule is CC1=CC(c2cccnc2)CN1C. The summed E-state index contributed by atoms with van der Waals surface area (Å²) in [6, 6.07) is 4.14. The topological polar surface area (TPSA) is 16.1 Å². The van der Waals surface area contributed by atoms with Gasteiger partial charge in [0.25, 0.3) is 0 Å². The molecule has 0 aromatic carbocycles. The molecule has 0 radical (unpaired) electrons. The van der Waals surface area contributed by atoms with Crippen LogP contribution in [0.5, 0.6) is 0 Å². The van der Waals surface area contributed by atoms with Gasteiger partial charge in [0, 0.05) is 37.6 Å². The van der Waals surface area contributed by atoms with Crippen molar-refractivity contribution in [2.45, 2.75) is 12.8 Å². The van der Waals surface area contributed by atoms with Gasteiger partial charge in [0.05, 0.1) is 0 Å². The van der Waals surface area contributed by atoms with E-state index < -0.39 is 0 Å². The molecule has 0 saturated heterocycles. The first-order valence-electron chi connectivity index (χ1n) is 4.57. The Morgan fingerprint density at radius 2 is 2.38 bits per heavy atom. The Morgan fingerprint density at radius 3 is 2.92 bits per heavy atom. The third-order valence-corrected chi connectivity index (χ3v) is 2.63. The molecule has 0 saturated carbocycles. The van der Waals surface area contributed by atoms with E-state index in [9.17, 15) is 0 Å². The predicted molar refractivity (Wildman–Crippen MR) is 53.4 cm³/mol. The minimum Gasteiger partial charge on any atom is -0.377 e. The molecule has 0 amide bonds. The van der Waals surface area contributed by atoms with Crippen LogP contribution in [0.15, 0.2) is 36.3 Å². The van der Waals surface area contributed by atoms with Crippen LogP contribution in [0, 0.1) is 0 Å². The maximum absolute atomic E-state index is 4.13. The van der Waals surface area contributed by atoms with Crippen molar-refractivity contribution >= 4 is 0 Å². The van der Waals surface area contributed by atoms with E-state index in [1.54, 1.807) is 0 Å². The molecule has 1 aromatic rings. The van der Waals surface area contributed by atoms with Gasteiger partial charge < -0.3 is 4.90 Å². The van der Waals surface area contributed by atoms with Crippen molar-refractivity contribution < 1.29 is 0 Å². The van der Waals surface area contributed by atoms with Crippen molar-refractivity contribution in [1.29, 1.82) is 0 Å². The van der Waals surface area contributed by atoms with Crippen molar-refractivity contribution in [2.24, 2.45) is 0 Å². The fourth-order valence-corrected chi connectivity index (χ4v) is 1.71. The summed E-state index contributed by atoms with van der Waals surface area (Å²) in [4.78, 5) is 6.41. The summed E-state index contributed by atoms with van der Waals surface area (Å²) in [7, 11) is 2.13. The van der Waals surface area contributed by atoms with E-state index in [1.807, 2.05) is 18.5 Å². The highest BCUT2D eigenvalue weighted by molar-refractivity contribution is 5.26. The van der Waals surface area contributed by atoms with Crippen LogP contribution in [0.4, 0.5) is 0 Å². The zero-order chi connectivity index (χ0) is 9.26. The Bertz CT molecular complexity index is 316. The molecular formula is C11H14N2. The first kappa shape index (κ1) is 8.30. The Hall–Kier alpha value is -1.31. The molecule has 0 N–H and O–H groups in total. The van der Waals surface area contributed by atoms with Gasteiger partial charge in [-0.05, 0) is 18.6 Å². The van der Waals surface area contributed by atoms with Crippen LogP contribution in [-0.2, 0) is 0 Å². The number of aromatic nitrogens is 1. The fraction of sp³-hybridized carbons (Fsp3) is 0.364. The molecule has 2 rings (SSSR count). The number of hydrogen-bond acceptors (Lipinski definition) is 2. The van der Waals surface area contributed by atoms with Crippen LogP contribution < -0.4 is 0 Å². The summed E-state index contributed by atoms with van der Waals surface area (Å²) in [5.41, 5.74) is 2.67. The van der Waals surface area contributed by atoms with E-state index in [4.69, 9.17) is 0 Å². The lowest BCUT2D eigenvalue weighted by Crippen LogP contribution is -2.14. The average Bonchev–Trinajstić information content (AvgIpc) is 2.49. The van der Waals surface area contributed by atoms with Crippen molar-refractivity contribution in [2.75, 3.05) is 13.6 Å². The summed E-state index contributed by atoms with van der Waals surface area (Å²) in [5, 5.41) is 0. The number of nitrogens with zero attached hydrogens (tertiary/aromatic N) is 2. The summed E-state index contributed by atoms with van der Waals surface area (Å²) >= 11 is 0. The van der Waals surface area contributed by atoms with Gasteiger partial charge in [0.15, 0.2) is 0 Å². The van der Waals surface area contributed by atoms with E-state index in [0.29, 0.717) is 5.92 Å². The summed E-state index contributed by atoms with van der Waals surface area (Å²) in [6.45, 7) is 3.23. The largest absolute Gasteiger partial charge is 0.377 e. The predicted octanol–water partition coefficient (Wildman–Crippen LogP) is 2.01. The molecular weight excluding hydrogens is 160 g/mol. The van der Waals surface area contributed by atoms with E-state index >= 15 is 0 Å². The van der Waals surface area contributed by atoms with Gasteiger partial charge in [-0.2, -0.15) is 0 Å². The Labute approximate surface area is 78.9 Å². The molecule has 2 heteroatoms. The molecule has 1 unspecified atom stereocenters. The minimum absolute atomic E-state index is 0.527. The van der Waals surface area contributed by atoms with E-state index in [2.05, 4.69) is 36.0 Å². The number of hydrogen-bond donors (Lipinski definition) is 0. The van der Waals surface area contributed by atoms with Crippen LogP contribution in [0.3, 0.4) is 0 Å². The third kappa shape index (κ3) is 1.57. The molecule has 0 aliphatic carbocycles. The molecule has 1 atom stereocenters. The van der Waals surface area contributed by atoms with E-state index in [-0.39, 0.29) is 0 Å². The van der Waals surface area contributed by atoms with Crippen molar-refractivity contribution in [3.8, 4) is 0 Å². The second-order valence-corrected chi connectivity index (χ2v) is 3.58. The maximum atomic E-state index is 4.13. The van der Waals surface area contributed by atoms with Crippen LogP contribution in [-0.4, -0.2) is 23.5 Å². The fourth-order valence-electron chi connectivity index (χ4n) is 1.71. The van der Waals surface area contributed by atoms with Crippen molar-refractivity contribution in [3.05, 3.63) is 41.9 Å². The van der Waals surface area contributed by atoms with Crippen LogP contribution in [0.25, 0.3) is 0 Å². The van der Waals surface area contributed by atoms with Gasteiger partial charge in [0.1, 0.15) is 0 Å². The minimum atomic E-state index is 0.527. The molecule has 0 fully saturated rings. The van der Waals surface area contributed by atoms with Crippen LogP contribution in [0.2, 0.25) is 0 Å². The van der Waals surface area contributed by atoms with Gasteiger partial charge in [-0.1, -0.05) is 12.1 Å². The lowest BCUT2D eigenvalue weighted by molar-refractivity contribution is 0.443. The van der Waals surface area contributed by atoms with Gasteiger partial charge >= 0.3 is 0 Å². The van der Waals surface area contributed by atoms with Crippen molar-refractivity contribution in [3.63, 3.8) is 0 Å². The smallest absolute Gasteiger partial charge is 0.0306 e. The molecule has 2 heterocycles. The molecule has 2 nitrogen and oxygen atoms in total. The number of pyridine rings is 1. The number of allylic oxidation sites excluding steroid dienone is 1. The molecule has 1 aliphatic heterocycles. The first-order valence-corrected chi connectivity index (χ1v) is 4.57. The monoisotopic (exact) mass is 174 g/mol. The Kier molecular flexibility index (Phi) is 2.05. The van der Waals surface area contributed by atoms with E-state index in [0.717, 1.165) is 6.54 Å². The molecule has 68 valence electrons. The number of rotatable bonds is 1. The third-order valence-electron chi connectivity index (χ3n) is 2.63. The van der Waals surface area contributed by atoms with Crippen molar-refractivity contribution in [1.82, 2.24) is 9.88 Å². The quantitative estimate of drug-likeness (QED) is 0.647. The summed E-state index contributed by atoms with van der Waals surface area (Å²) < 4.78 is 0. The lowest BCUT2D eigenvalue weighted by atomic mass is 10.0. The summed E-state index contributed by atoms with van der Waals surface area (Å²) in [6.07, 6.45) is 6.07. The summed E-state index contributed by atoms with van der Waals surface area (Å²) in [5.74, 6) is 0.527. The molecule has 13 heavy (non-hydrogen) atoms. The van der Waals surface area contributed by atoms with Gasteiger partial charge in [-0.25, -0.2) is 0 Å². The molecule has 1 aliphatic rings. The first-order chi connectivity index (χ1) is 6.27. The Morgan fingerprint density at radius 1 is 1.54 bits per heavy atom. The van der Waals surface area contributed by atoms with Crippen LogP contribution >= 0.6 is 0 Å². The molecule has 0 spiro atoms. The normalized spacial score (nSPS) is 21.8. The second kappa shape index (κ2) is 3.21. The highest BCUT2D eigenvalue weighted by Gasteiger charge is 2.18. The number of likely N-dealkylation sites (N-methyl/N-ethyl adjacent to an activating group) is 1. The van der Waals surface area contributed by atoms with Crippen LogP contribution in [0.1, 0.15) is 18.4 Å². The van der Waals surface area contributed by atoms with Gasteiger partial charge in [0.2, 0.25) is 0 Å². The Balaban J connectivity index is 2.22. The average molecular weight is 174 g/mol. The van der Waals surface area contributed by atoms with Gasteiger partial charge in [-0.15, -0.1) is 0 Å². The lowest BCUT2D eigenvalue weighted by Gasteiger charge is -2.14. The maximum Gasteiger partial charge on any atom is 0.0306 e. The van der Waals surface area contributed by atoms with Gasteiger partial charge in [-0.3, -0.25) is 4.98 Å². The molecule has 1 aromatic heterocycles. The zero-order valence-electron chi connectivity index (χ0n) is 8.07.